The summed E-state index contributed by atoms with van der Waals surface area (Å²) in [5.41, 5.74) is 4.42. The van der Waals surface area contributed by atoms with Gasteiger partial charge in [-0.25, -0.2) is 15.0 Å². The van der Waals surface area contributed by atoms with E-state index in [-0.39, 0.29) is 0 Å². The van der Waals surface area contributed by atoms with Crippen LogP contribution in [0.5, 0.6) is 0 Å². The van der Waals surface area contributed by atoms with Crippen LogP contribution in [0.2, 0.25) is 0 Å². The van der Waals surface area contributed by atoms with E-state index in [0.717, 1.165) is 53.7 Å². The fourth-order valence-corrected chi connectivity index (χ4v) is 4.82. The van der Waals surface area contributed by atoms with Crippen LogP contribution in [0, 0.1) is 0 Å². The van der Waals surface area contributed by atoms with Gasteiger partial charge < -0.3 is 15.5 Å². The largest absolute Gasteiger partial charge is 0.353 e. The Morgan fingerprint density at radius 1 is 1.03 bits per heavy atom. The third kappa shape index (κ3) is 4.10. The van der Waals surface area contributed by atoms with Gasteiger partial charge in [-0.05, 0) is 50.1 Å². The summed E-state index contributed by atoms with van der Waals surface area (Å²) in [6, 6.07) is 11.1. The van der Waals surface area contributed by atoms with Crippen molar-refractivity contribution >= 4 is 17.5 Å². The van der Waals surface area contributed by atoms with Crippen LogP contribution in [0.3, 0.4) is 0 Å². The van der Waals surface area contributed by atoms with Crippen LogP contribution >= 0.6 is 0 Å². The molecule has 2 N–H and O–H groups in total. The van der Waals surface area contributed by atoms with Crippen LogP contribution in [-0.2, 0) is 6.54 Å². The van der Waals surface area contributed by atoms with Crippen molar-refractivity contribution in [3.63, 3.8) is 0 Å². The van der Waals surface area contributed by atoms with E-state index in [1.165, 1.54) is 12.8 Å². The highest BCUT2D eigenvalue weighted by Crippen LogP contribution is 2.30. The molecule has 0 amide bonds. The number of fused-ring (bicyclic) bond motifs is 2. The monoisotopic (exact) mass is 453 g/mol. The molecule has 4 aromatic rings. The molecule has 2 aliphatic heterocycles. The Kier molecular flexibility index (Phi) is 5.38. The van der Waals surface area contributed by atoms with Crippen molar-refractivity contribution in [2.45, 2.75) is 38.4 Å². The van der Waals surface area contributed by atoms with Gasteiger partial charge in [0.25, 0.3) is 0 Å². The minimum absolute atomic E-state index is 0.522. The average molecular weight is 454 g/mol. The van der Waals surface area contributed by atoms with Gasteiger partial charge in [0, 0.05) is 67.6 Å². The van der Waals surface area contributed by atoms with Crippen molar-refractivity contribution in [3.05, 3.63) is 61.3 Å². The van der Waals surface area contributed by atoms with E-state index in [1.807, 2.05) is 47.5 Å². The summed E-state index contributed by atoms with van der Waals surface area (Å²) in [5.74, 6) is 1.54. The van der Waals surface area contributed by atoms with Gasteiger partial charge in [-0.3, -0.25) is 9.67 Å². The van der Waals surface area contributed by atoms with Gasteiger partial charge in [0.15, 0.2) is 0 Å². The number of aromatic nitrogens is 6. The molecule has 34 heavy (non-hydrogen) atoms. The molecule has 0 aromatic carbocycles. The normalized spacial score (nSPS) is 19.4. The quantitative estimate of drug-likeness (QED) is 0.458. The van der Waals surface area contributed by atoms with Crippen molar-refractivity contribution in [1.82, 2.24) is 35.0 Å². The number of rotatable bonds is 6. The van der Waals surface area contributed by atoms with E-state index >= 15 is 0 Å². The Morgan fingerprint density at radius 2 is 1.91 bits per heavy atom. The van der Waals surface area contributed by atoms with Crippen LogP contribution in [0.1, 0.15) is 19.8 Å². The fraction of sp³-hybridized carbons (Fsp3) is 0.320. The van der Waals surface area contributed by atoms with Crippen LogP contribution in [0.15, 0.2) is 61.3 Å². The molecule has 6 heterocycles. The summed E-state index contributed by atoms with van der Waals surface area (Å²) in [6.45, 7) is 4.88. The summed E-state index contributed by atoms with van der Waals surface area (Å²) < 4.78 is 1.91. The fourth-order valence-electron chi connectivity index (χ4n) is 4.82. The first kappa shape index (κ1) is 20.7. The highest BCUT2D eigenvalue weighted by molar-refractivity contribution is 5.78. The van der Waals surface area contributed by atoms with Crippen LogP contribution in [0.4, 0.5) is 17.5 Å². The van der Waals surface area contributed by atoms with E-state index in [9.17, 15) is 0 Å². The zero-order valence-corrected chi connectivity index (χ0v) is 19.1. The maximum Gasteiger partial charge on any atom is 0.227 e. The molecular weight excluding hydrogens is 426 g/mol. The highest BCUT2D eigenvalue weighted by atomic mass is 15.3. The number of pyridine rings is 2. The molecule has 2 unspecified atom stereocenters. The first-order valence-corrected chi connectivity index (χ1v) is 11.8. The molecule has 0 spiro atoms. The molecule has 2 saturated heterocycles. The van der Waals surface area contributed by atoms with E-state index in [2.05, 4.69) is 38.5 Å². The topological polar surface area (TPSA) is 96.7 Å². The smallest absolute Gasteiger partial charge is 0.227 e. The average Bonchev–Trinajstić information content (AvgIpc) is 3.48. The molecular formula is C25H27N9. The van der Waals surface area contributed by atoms with Gasteiger partial charge in [0.1, 0.15) is 11.5 Å². The Morgan fingerprint density at radius 3 is 2.65 bits per heavy atom. The third-order valence-electron chi connectivity index (χ3n) is 6.50. The number of hydrogen-bond acceptors (Lipinski definition) is 8. The van der Waals surface area contributed by atoms with Crippen molar-refractivity contribution in [2.24, 2.45) is 0 Å². The lowest BCUT2D eigenvalue weighted by Gasteiger charge is -2.33. The molecule has 2 atom stereocenters. The van der Waals surface area contributed by atoms with Crippen molar-refractivity contribution in [2.75, 3.05) is 23.3 Å². The number of hydrogen-bond donors (Lipinski definition) is 2. The third-order valence-corrected chi connectivity index (χ3v) is 6.50. The lowest BCUT2D eigenvalue weighted by atomic mass is 10.1. The summed E-state index contributed by atoms with van der Waals surface area (Å²) in [7, 11) is 0. The number of piperazine rings is 1. The van der Waals surface area contributed by atoms with E-state index < -0.39 is 0 Å². The lowest BCUT2D eigenvalue weighted by molar-refractivity contribution is 0.463. The van der Waals surface area contributed by atoms with Gasteiger partial charge in [-0.2, -0.15) is 5.10 Å². The second-order valence-electron chi connectivity index (χ2n) is 8.83. The number of nitrogens with zero attached hydrogens (tertiary/aromatic N) is 7. The number of anilines is 3. The predicted octanol–water partition coefficient (Wildman–Crippen LogP) is 3.50. The predicted molar refractivity (Wildman–Crippen MR) is 132 cm³/mol. The minimum Gasteiger partial charge on any atom is -0.353 e. The first-order valence-electron chi connectivity index (χ1n) is 11.8. The van der Waals surface area contributed by atoms with Crippen molar-refractivity contribution in [3.8, 4) is 22.5 Å². The maximum absolute atomic E-state index is 4.77. The second kappa shape index (κ2) is 8.83. The molecule has 9 nitrogen and oxygen atoms in total. The van der Waals surface area contributed by atoms with Gasteiger partial charge in [-0.15, -0.1) is 0 Å². The van der Waals surface area contributed by atoms with Gasteiger partial charge >= 0.3 is 0 Å². The second-order valence-corrected chi connectivity index (χ2v) is 8.83. The Balaban J connectivity index is 1.23. The van der Waals surface area contributed by atoms with E-state index in [4.69, 9.17) is 15.1 Å². The molecule has 6 rings (SSSR count). The Hall–Kier alpha value is -3.85. The molecule has 2 bridgehead atoms. The molecule has 0 saturated carbocycles. The SMILES string of the molecule is CCn1cc(-c2ccnc(Nc3ccc(N4CC5CCC(C4)N5)nc3)n2)c(-c2cccnc2)n1. The molecule has 2 aliphatic rings. The summed E-state index contributed by atoms with van der Waals surface area (Å²) in [4.78, 5) is 20.5. The lowest BCUT2D eigenvalue weighted by Crippen LogP contribution is -2.51. The van der Waals surface area contributed by atoms with E-state index in [1.54, 1.807) is 12.4 Å². The Labute approximate surface area is 198 Å². The highest BCUT2D eigenvalue weighted by Gasteiger charge is 2.32. The van der Waals surface area contributed by atoms with Crippen LogP contribution in [-0.4, -0.2) is 54.9 Å². The maximum atomic E-state index is 4.77. The molecule has 9 heteroatoms. The van der Waals surface area contributed by atoms with Crippen LogP contribution in [0.25, 0.3) is 22.5 Å². The van der Waals surface area contributed by atoms with Gasteiger partial charge in [-0.1, -0.05) is 0 Å². The number of nitrogens with one attached hydrogen (secondary N) is 2. The number of aryl methyl sites for hydroxylation is 1. The molecule has 172 valence electrons. The summed E-state index contributed by atoms with van der Waals surface area (Å²) in [5, 5.41) is 11.7. The first-order chi connectivity index (χ1) is 16.7. The molecule has 0 aliphatic carbocycles. The minimum atomic E-state index is 0.522. The van der Waals surface area contributed by atoms with Crippen molar-refractivity contribution < 1.29 is 0 Å². The summed E-state index contributed by atoms with van der Waals surface area (Å²) in [6.07, 6.45) is 11.7. The standard InChI is InChI=1S/C25H27N9/c1-2-34-16-21(24(32-34)17-4-3-10-26-12-17)22-9-11-27-25(31-22)30-18-7-8-23(28-13-18)33-14-19-5-6-20(15-33)29-19/h3-4,7-13,16,19-20,29H,2,5-6,14-15H2,1H3,(H,27,30,31). The molecule has 0 radical (unpaired) electrons. The summed E-state index contributed by atoms with van der Waals surface area (Å²) >= 11 is 0. The van der Waals surface area contributed by atoms with Gasteiger partial charge in [0.05, 0.1) is 17.6 Å². The van der Waals surface area contributed by atoms with Crippen LogP contribution < -0.4 is 15.5 Å². The molecule has 4 aromatic heterocycles. The molecule has 2 fully saturated rings. The zero-order valence-electron chi connectivity index (χ0n) is 19.1. The zero-order chi connectivity index (χ0) is 22.9. The van der Waals surface area contributed by atoms with Gasteiger partial charge in [0.2, 0.25) is 5.95 Å². The Bertz CT molecular complexity index is 1260. The van der Waals surface area contributed by atoms with Crippen molar-refractivity contribution in [1.29, 1.82) is 0 Å². The van der Waals surface area contributed by atoms with E-state index in [0.29, 0.717) is 18.0 Å².